The molecule has 1 atom stereocenters. The van der Waals surface area contributed by atoms with E-state index in [1.54, 1.807) is 7.11 Å². The van der Waals surface area contributed by atoms with Crippen LogP contribution in [0, 0.1) is 0 Å². The number of fused-ring (bicyclic) bond motifs is 1. The number of nitrogens with two attached hydrogens (primary N) is 1. The van der Waals surface area contributed by atoms with Crippen molar-refractivity contribution in [2.24, 2.45) is 5.73 Å². The van der Waals surface area contributed by atoms with E-state index in [2.05, 4.69) is 18.0 Å². The van der Waals surface area contributed by atoms with Gasteiger partial charge >= 0.3 is 0 Å². The fraction of sp³-hybridized carbons (Fsp3) is 0.500. The number of likely N-dealkylation sites (N-methyl/N-ethyl adjacent to an activating group) is 1. The zero-order valence-electron chi connectivity index (χ0n) is 9.36. The highest BCUT2D eigenvalue weighted by molar-refractivity contribution is 5.43. The average molecular weight is 206 g/mol. The zero-order valence-corrected chi connectivity index (χ0v) is 9.36. The molecule has 1 aliphatic rings. The summed E-state index contributed by atoms with van der Waals surface area (Å²) in [6.45, 7) is 2.69. The molecule has 0 saturated heterocycles. The van der Waals surface area contributed by atoms with Gasteiger partial charge in [0.2, 0.25) is 0 Å². The predicted octanol–water partition coefficient (Wildman–Crippen LogP) is 1.18. The lowest BCUT2D eigenvalue weighted by atomic mass is 9.89. The molecule has 3 heteroatoms. The maximum atomic E-state index is 5.80. The van der Waals surface area contributed by atoms with Crippen LogP contribution in [0.1, 0.15) is 17.0 Å². The molecule has 0 aliphatic carbocycles. The van der Waals surface area contributed by atoms with Gasteiger partial charge in [0.1, 0.15) is 5.75 Å². The van der Waals surface area contributed by atoms with Gasteiger partial charge in [0.25, 0.3) is 0 Å². The number of ether oxygens (including phenoxy) is 1. The minimum Gasteiger partial charge on any atom is -0.496 e. The van der Waals surface area contributed by atoms with Crippen molar-refractivity contribution >= 4 is 0 Å². The molecule has 0 aromatic heterocycles. The van der Waals surface area contributed by atoms with Gasteiger partial charge in [0.05, 0.1) is 7.11 Å². The first-order valence-corrected chi connectivity index (χ1v) is 5.30. The van der Waals surface area contributed by atoms with Crippen LogP contribution in [0.25, 0.3) is 0 Å². The van der Waals surface area contributed by atoms with Crippen LogP contribution >= 0.6 is 0 Å². The molecule has 0 saturated carbocycles. The highest BCUT2D eigenvalue weighted by atomic mass is 16.5. The Morgan fingerprint density at radius 1 is 1.53 bits per heavy atom. The number of nitrogens with zero attached hydrogens (tertiary/aromatic N) is 1. The summed E-state index contributed by atoms with van der Waals surface area (Å²) in [7, 11) is 3.85. The lowest BCUT2D eigenvalue weighted by Crippen LogP contribution is -2.34. The summed E-state index contributed by atoms with van der Waals surface area (Å²) in [5.41, 5.74) is 8.46. The standard InChI is InChI=1S/C12H18N2O/c1-14-7-9(6-13)10-4-3-5-12(15-2)11(10)8-14/h3-5,9H,6-8,13H2,1-2H3. The Balaban J connectivity index is 2.45. The maximum Gasteiger partial charge on any atom is 0.123 e. The molecule has 3 nitrogen and oxygen atoms in total. The normalized spacial score (nSPS) is 21.1. The third-order valence-corrected chi connectivity index (χ3v) is 3.07. The van der Waals surface area contributed by atoms with Crippen molar-refractivity contribution in [3.63, 3.8) is 0 Å². The van der Waals surface area contributed by atoms with Crippen LogP contribution in [0.5, 0.6) is 5.75 Å². The molecular weight excluding hydrogens is 188 g/mol. The monoisotopic (exact) mass is 206 g/mol. The van der Waals surface area contributed by atoms with Crippen molar-refractivity contribution < 1.29 is 4.74 Å². The summed E-state index contributed by atoms with van der Waals surface area (Å²) in [4.78, 5) is 2.29. The Morgan fingerprint density at radius 3 is 3.00 bits per heavy atom. The Morgan fingerprint density at radius 2 is 2.33 bits per heavy atom. The highest BCUT2D eigenvalue weighted by Crippen LogP contribution is 2.32. The second-order valence-electron chi connectivity index (χ2n) is 4.16. The van der Waals surface area contributed by atoms with Crippen molar-refractivity contribution in [2.75, 3.05) is 27.2 Å². The second-order valence-corrected chi connectivity index (χ2v) is 4.16. The molecule has 2 rings (SSSR count). The molecule has 1 unspecified atom stereocenters. The molecular formula is C12H18N2O. The molecule has 15 heavy (non-hydrogen) atoms. The topological polar surface area (TPSA) is 38.5 Å². The van der Waals surface area contributed by atoms with Crippen LogP contribution in [0.2, 0.25) is 0 Å². The van der Waals surface area contributed by atoms with Crippen LogP contribution in [0.4, 0.5) is 0 Å². The third-order valence-electron chi connectivity index (χ3n) is 3.07. The van der Waals surface area contributed by atoms with Gasteiger partial charge in [-0.2, -0.15) is 0 Å². The molecule has 1 aliphatic heterocycles. The number of benzene rings is 1. The molecule has 0 fully saturated rings. The quantitative estimate of drug-likeness (QED) is 0.789. The lowest BCUT2D eigenvalue weighted by molar-refractivity contribution is 0.275. The van der Waals surface area contributed by atoms with Crippen molar-refractivity contribution in [1.29, 1.82) is 0 Å². The van der Waals surface area contributed by atoms with Gasteiger partial charge in [-0.25, -0.2) is 0 Å². The summed E-state index contributed by atoms with van der Waals surface area (Å²) in [5.74, 6) is 1.42. The Labute approximate surface area is 90.8 Å². The number of hydrogen-bond acceptors (Lipinski definition) is 3. The van der Waals surface area contributed by atoms with Crippen LogP contribution < -0.4 is 10.5 Å². The second kappa shape index (κ2) is 4.21. The molecule has 1 heterocycles. The van der Waals surface area contributed by atoms with Crippen LogP contribution in [-0.4, -0.2) is 32.1 Å². The van der Waals surface area contributed by atoms with Crippen LogP contribution in [0.15, 0.2) is 18.2 Å². The Bertz CT molecular complexity index is 351. The minimum atomic E-state index is 0.439. The van der Waals surface area contributed by atoms with Crippen LogP contribution in [0.3, 0.4) is 0 Å². The molecule has 0 spiro atoms. The first kappa shape index (κ1) is 10.5. The number of rotatable bonds is 2. The Kier molecular flexibility index (Phi) is 2.93. The maximum absolute atomic E-state index is 5.80. The smallest absolute Gasteiger partial charge is 0.123 e. The van der Waals surface area contributed by atoms with E-state index in [0.717, 1.165) is 18.8 Å². The van der Waals surface area contributed by atoms with Crippen molar-refractivity contribution in [1.82, 2.24) is 4.90 Å². The summed E-state index contributed by atoms with van der Waals surface area (Å²) < 4.78 is 5.39. The lowest BCUT2D eigenvalue weighted by Gasteiger charge is -2.32. The molecule has 0 bridgehead atoms. The van der Waals surface area contributed by atoms with Gasteiger partial charge in [-0.3, -0.25) is 0 Å². The van der Waals surface area contributed by atoms with Gasteiger partial charge in [-0.15, -0.1) is 0 Å². The van der Waals surface area contributed by atoms with E-state index in [4.69, 9.17) is 10.5 Å². The van der Waals surface area contributed by atoms with E-state index < -0.39 is 0 Å². The molecule has 1 aromatic carbocycles. The third kappa shape index (κ3) is 1.85. The fourth-order valence-electron chi connectivity index (χ4n) is 2.34. The zero-order chi connectivity index (χ0) is 10.8. The summed E-state index contributed by atoms with van der Waals surface area (Å²) in [6, 6.07) is 6.24. The molecule has 1 aromatic rings. The fourth-order valence-corrected chi connectivity index (χ4v) is 2.34. The van der Waals surface area contributed by atoms with Gasteiger partial charge in [0, 0.05) is 31.1 Å². The predicted molar refractivity (Wildman–Crippen MR) is 61.1 cm³/mol. The number of methoxy groups -OCH3 is 1. The van der Waals surface area contributed by atoms with Gasteiger partial charge in [-0.05, 0) is 18.7 Å². The van der Waals surface area contributed by atoms with E-state index in [-0.39, 0.29) is 0 Å². The van der Waals surface area contributed by atoms with Crippen molar-refractivity contribution in [2.45, 2.75) is 12.5 Å². The molecule has 82 valence electrons. The SMILES string of the molecule is COc1cccc2c1CN(C)CC2CN. The molecule has 0 amide bonds. The van der Waals surface area contributed by atoms with E-state index in [0.29, 0.717) is 12.5 Å². The molecule has 0 radical (unpaired) electrons. The van der Waals surface area contributed by atoms with E-state index in [1.807, 2.05) is 12.1 Å². The summed E-state index contributed by atoms with van der Waals surface area (Å²) in [5, 5.41) is 0. The van der Waals surface area contributed by atoms with E-state index in [9.17, 15) is 0 Å². The van der Waals surface area contributed by atoms with Gasteiger partial charge in [0.15, 0.2) is 0 Å². The van der Waals surface area contributed by atoms with Gasteiger partial charge < -0.3 is 15.4 Å². The minimum absolute atomic E-state index is 0.439. The van der Waals surface area contributed by atoms with E-state index in [1.165, 1.54) is 11.1 Å². The van der Waals surface area contributed by atoms with E-state index >= 15 is 0 Å². The molecule has 2 N–H and O–H groups in total. The average Bonchev–Trinajstić information content (AvgIpc) is 2.27. The highest BCUT2D eigenvalue weighted by Gasteiger charge is 2.24. The van der Waals surface area contributed by atoms with Crippen LogP contribution in [-0.2, 0) is 6.54 Å². The summed E-state index contributed by atoms with van der Waals surface area (Å²) in [6.07, 6.45) is 0. The summed E-state index contributed by atoms with van der Waals surface area (Å²) >= 11 is 0. The largest absolute Gasteiger partial charge is 0.496 e. The van der Waals surface area contributed by atoms with Crippen molar-refractivity contribution in [3.05, 3.63) is 29.3 Å². The number of hydrogen-bond donors (Lipinski definition) is 1. The first-order valence-electron chi connectivity index (χ1n) is 5.30. The van der Waals surface area contributed by atoms with Gasteiger partial charge in [-0.1, -0.05) is 12.1 Å². The first-order chi connectivity index (χ1) is 7.26. The Hall–Kier alpha value is -1.06. The van der Waals surface area contributed by atoms with Crippen molar-refractivity contribution in [3.8, 4) is 5.75 Å².